The Morgan fingerprint density at radius 1 is 1.05 bits per heavy atom. The number of nitriles is 1. The molecule has 0 radical (unpaired) electrons. The minimum atomic E-state index is -0.954. The van der Waals surface area contributed by atoms with Gasteiger partial charge in [0.1, 0.15) is 29.4 Å². The molecular formula is C47H65F3N4OS. The van der Waals surface area contributed by atoms with E-state index in [4.69, 9.17) is 14.7 Å². The van der Waals surface area contributed by atoms with Crippen molar-refractivity contribution in [3.63, 3.8) is 0 Å². The van der Waals surface area contributed by atoms with Crippen LogP contribution in [0.5, 0.6) is 6.01 Å². The summed E-state index contributed by atoms with van der Waals surface area (Å²) < 4.78 is 55.1. The minimum absolute atomic E-state index is 0.00580. The van der Waals surface area contributed by atoms with Crippen LogP contribution in [0.25, 0.3) is 32.1 Å². The van der Waals surface area contributed by atoms with Crippen LogP contribution in [0.15, 0.2) is 18.2 Å². The summed E-state index contributed by atoms with van der Waals surface area (Å²) in [6.45, 7) is 21.1. The number of halogens is 3. The molecule has 4 aromatic rings. The third-order valence-corrected chi connectivity index (χ3v) is 14.1. The van der Waals surface area contributed by atoms with Gasteiger partial charge in [0, 0.05) is 39.7 Å². The Morgan fingerprint density at radius 3 is 2.36 bits per heavy atom. The van der Waals surface area contributed by atoms with Crippen molar-refractivity contribution >= 4 is 38.1 Å². The highest BCUT2D eigenvalue weighted by Gasteiger charge is 2.47. The number of aryl methyl sites for hydroxylation is 1. The minimum Gasteiger partial charge on any atom is -0.463 e. The van der Waals surface area contributed by atoms with Gasteiger partial charge >= 0.3 is 6.01 Å². The fraction of sp³-hybridized carbons (Fsp3) is 0.638. The molecule has 2 aromatic carbocycles. The van der Waals surface area contributed by atoms with Gasteiger partial charge in [-0.25, -0.2) is 13.2 Å². The predicted octanol–water partition coefficient (Wildman–Crippen LogP) is 14.3. The second kappa shape index (κ2) is 18.0. The highest BCUT2D eigenvalue weighted by atomic mass is 32.1. The number of aromatic nitrogens is 2. The lowest BCUT2D eigenvalue weighted by Gasteiger charge is -2.35. The number of nitrogens with zero attached hydrogens (tertiary/aromatic N) is 4. The molecule has 5 nitrogen and oxygen atoms in total. The van der Waals surface area contributed by atoms with Gasteiger partial charge in [0.2, 0.25) is 0 Å². The zero-order chi connectivity index (χ0) is 41.1. The zero-order valence-electron chi connectivity index (χ0n) is 35.8. The largest absolute Gasteiger partial charge is 0.463 e. The predicted molar refractivity (Wildman–Crippen MR) is 229 cm³/mol. The number of benzene rings is 2. The summed E-state index contributed by atoms with van der Waals surface area (Å²) in [5.74, 6) is 0.436. The lowest BCUT2D eigenvalue weighted by molar-refractivity contribution is 0.0737. The maximum Gasteiger partial charge on any atom is 0.319 e. The van der Waals surface area contributed by atoms with E-state index in [9.17, 15) is 5.26 Å². The van der Waals surface area contributed by atoms with E-state index in [0.717, 1.165) is 62.7 Å². The lowest BCUT2D eigenvalue weighted by atomic mass is 9.74. The average molecular weight is 791 g/mol. The van der Waals surface area contributed by atoms with Gasteiger partial charge in [0.05, 0.1) is 16.9 Å². The first kappa shape index (κ1) is 43.7. The molecule has 0 bridgehead atoms. The molecule has 1 aliphatic carbocycles. The Balaban J connectivity index is 1.69. The molecule has 4 unspecified atom stereocenters. The topological polar surface area (TPSA) is 62.0 Å². The van der Waals surface area contributed by atoms with Gasteiger partial charge in [-0.15, -0.1) is 11.3 Å². The summed E-state index contributed by atoms with van der Waals surface area (Å²) in [5.41, 5.74) is 1.63. The molecule has 5 rings (SSSR count). The van der Waals surface area contributed by atoms with Crippen LogP contribution in [-0.4, -0.2) is 35.8 Å². The van der Waals surface area contributed by atoms with E-state index in [-0.39, 0.29) is 47.0 Å². The van der Waals surface area contributed by atoms with Crippen LogP contribution >= 0.6 is 11.3 Å². The van der Waals surface area contributed by atoms with Gasteiger partial charge < -0.3 is 9.64 Å². The van der Waals surface area contributed by atoms with Crippen LogP contribution in [0.1, 0.15) is 155 Å². The summed E-state index contributed by atoms with van der Waals surface area (Å²) in [5, 5.41) is 11.3. The first-order valence-corrected chi connectivity index (χ1v) is 22.0. The van der Waals surface area contributed by atoms with Gasteiger partial charge in [0.25, 0.3) is 0 Å². The molecule has 9 heteroatoms. The van der Waals surface area contributed by atoms with Crippen LogP contribution in [-0.2, 0) is 0 Å². The first-order chi connectivity index (χ1) is 26.5. The van der Waals surface area contributed by atoms with Crippen LogP contribution < -0.4 is 9.64 Å². The second-order valence-electron chi connectivity index (χ2n) is 18.1. The molecule has 0 spiro atoms. The smallest absolute Gasteiger partial charge is 0.319 e. The molecule has 1 saturated carbocycles. The van der Waals surface area contributed by atoms with Gasteiger partial charge in [-0.1, -0.05) is 87.6 Å². The Hall–Kier alpha value is -3.38. The number of hydrogen-bond donors (Lipinski definition) is 0. The molecule has 0 N–H and O–H groups in total. The molecule has 4 atom stereocenters. The number of unbranched alkanes of at least 4 members (excludes halogenated alkanes) is 1. The van der Waals surface area contributed by atoms with Crippen molar-refractivity contribution in [2.75, 3.05) is 18.6 Å². The quantitative estimate of drug-likeness (QED) is 0.0892. The Labute approximate surface area is 338 Å². The highest BCUT2D eigenvalue weighted by molar-refractivity contribution is 7.19. The van der Waals surface area contributed by atoms with E-state index in [1.54, 1.807) is 6.07 Å². The number of fused-ring (bicyclic) bond motifs is 2. The van der Waals surface area contributed by atoms with Crippen molar-refractivity contribution < 1.29 is 17.9 Å². The third kappa shape index (κ3) is 9.32. The van der Waals surface area contributed by atoms with E-state index in [1.807, 2.05) is 40.8 Å². The molecular weight excluding hydrogens is 726 g/mol. The van der Waals surface area contributed by atoms with Crippen molar-refractivity contribution in [1.29, 1.82) is 5.26 Å². The summed E-state index contributed by atoms with van der Waals surface area (Å²) in [7, 11) is 2.03. The molecule has 1 aliphatic rings. The monoisotopic (exact) mass is 790 g/mol. The fourth-order valence-electron chi connectivity index (χ4n) is 8.94. The number of rotatable bonds is 20. The molecule has 0 saturated heterocycles. The van der Waals surface area contributed by atoms with Crippen molar-refractivity contribution in [2.24, 2.45) is 22.7 Å². The molecule has 1 fully saturated rings. The molecule has 2 aromatic heterocycles. The van der Waals surface area contributed by atoms with Crippen molar-refractivity contribution in [1.82, 2.24) is 9.97 Å². The lowest BCUT2D eigenvalue weighted by Crippen LogP contribution is -2.37. The molecule has 0 amide bonds. The van der Waals surface area contributed by atoms with Gasteiger partial charge in [-0.3, -0.25) is 0 Å². The summed E-state index contributed by atoms with van der Waals surface area (Å²) >= 11 is 1.26. The van der Waals surface area contributed by atoms with Crippen LogP contribution in [0.4, 0.5) is 19.0 Å². The van der Waals surface area contributed by atoms with Crippen LogP contribution in [0.2, 0.25) is 0 Å². The van der Waals surface area contributed by atoms with Gasteiger partial charge in [-0.2, -0.15) is 15.2 Å². The van der Waals surface area contributed by atoms with Gasteiger partial charge in [0.15, 0.2) is 5.82 Å². The molecule has 306 valence electrons. The second-order valence-corrected chi connectivity index (χ2v) is 19.2. The van der Waals surface area contributed by atoms with E-state index < -0.39 is 23.2 Å². The summed E-state index contributed by atoms with van der Waals surface area (Å²) in [6.07, 6.45) is 9.54. The van der Waals surface area contributed by atoms with Gasteiger partial charge in [-0.05, 0) is 105 Å². The van der Waals surface area contributed by atoms with Crippen molar-refractivity contribution in [3.05, 3.63) is 45.8 Å². The highest BCUT2D eigenvalue weighted by Crippen LogP contribution is 2.58. The molecule has 2 heterocycles. The Bertz CT molecular complexity index is 2030. The number of alkyl halides is 1. The standard InChI is InChI=1S/C47H65F3N4OS/c1-12-15-20-47(21-22-47)26-46(10,24-32(48)14-3)27-55-45-52-41-34(44(53-45)54(11)37(28(4)5)19-16-30(8)13-2)23-31(9)38(40(41)50)33-17-18-36(49)43-39(33)35(25-51)42(56-43)29(6)7/h17-18,23,28-30,32,37H,12-16,19-22,24,26-27H2,1-11H3. The Kier molecular flexibility index (Phi) is 14.1. The number of anilines is 1. The summed E-state index contributed by atoms with van der Waals surface area (Å²) in [4.78, 5) is 12.8. The van der Waals surface area contributed by atoms with Crippen molar-refractivity contribution in [3.8, 4) is 23.2 Å². The fourth-order valence-corrected chi connectivity index (χ4v) is 10.1. The maximum absolute atomic E-state index is 17.6. The third-order valence-electron chi connectivity index (χ3n) is 12.6. The first-order valence-electron chi connectivity index (χ1n) is 21.2. The van der Waals surface area contributed by atoms with E-state index >= 15 is 13.2 Å². The normalized spacial score (nSPS) is 16.6. The Morgan fingerprint density at radius 2 is 1.77 bits per heavy atom. The number of hydrogen-bond acceptors (Lipinski definition) is 6. The maximum atomic E-state index is 17.6. The zero-order valence-corrected chi connectivity index (χ0v) is 36.7. The number of thiophene rings is 1. The van der Waals surface area contributed by atoms with E-state index in [0.29, 0.717) is 56.7 Å². The SMILES string of the molecule is CCCCC1(CC(C)(COc2nc(N(C)C(CCC(C)CC)C(C)C)c3cc(C)c(-c4ccc(F)c5sc(C(C)C)c(C#N)c45)c(F)c3n2)CC(F)CC)CC1. The summed E-state index contributed by atoms with van der Waals surface area (Å²) in [6, 6.07) is 7.37. The average Bonchev–Trinajstić information content (AvgIpc) is 3.79. The molecule has 0 aliphatic heterocycles. The molecule has 56 heavy (non-hydrogen) atoms. The van der Waals surface area contributed by atoms with E-state index in [2.05, 4.69) is 52.5 Å². The van der Waals surface area contributed by atoms with Crippen LogP contribution in [0.3, 0.4) is 0 Å². The van der Waals surface area contributed by atoms with Crippen molar-refractivity contribution in [2.45, 2.75) is 158 Å². The van der Waals surface area contributed by atoms with Crippen LogP contribution in [0, 0.1) is 52.6 Å². The van der Waals surface area contributed by atoms with E-state index in [1.165, 1.54) is 17.4 Å². The number of ether oxygens (including phenoxy) is 1.